The predicted octanol–water partition coefficient (Wildman–Crippen LogP) is 4.57. The summed E-state index contributed by atoms with van der Waals surface area (Å²) in [5, 5.41) is 2.90. The molecule has 4 rings (SSSR count). The fourth-order valence-electron chi connectivity index (χ4n) is 4.61. The van der Waals surface area contributed by atoms with E-state index in [4.69, 9.17) is 4.74 Å². The molecule has 1 fully saturated rings. The minimum Gasteiger partial charge on any atom is -0.492 e. The number of aromatic nitrogens is 1. The van der Waals surface area contributed by atoms with Crippen molar-refractivity contribution in [2.24, 2.45) is 0 Å². The van der Waals surface area contributed by atoms with Crippen LogP contribution in [0, 0.1) is 0 Å². The van der Waals surface area contributed by atoms with E-state index in [-0.39, 0.29) is 11.8 Å². The standard InChI is InChI=1S/C30H36N4O3/c1-3-15-32-30(36)24-9-12-26(13-10-24)33-16-18-34(19-17-33)29(35)14-11-23-7-5-6-8-28(23)25-20-27(37-4-2)22-31-21-25/h5-10,12-13,20-22H,3-4,11,14-19H2,1-2H3,(H,32,36). The Morgan fingerprint density at radius 3 is 2.46 bits per heavy atom. The fourth-order valence-corrected chi connectivity index (χ4v) is 4.61. The molecule has 0 bridgehead atoms. The van der Waals surface area contributed by atoms with E-state index < -0.39 is 0 Å². The molecular formula is C30H36N4O3. The molecule has 7 heteroatoms. The largest absolute Gasteiger partial charge is 0.492 e. The summed E-state index contributed by atoms with van der Waals surface area (Å²) in [6.07, 6.45) is 5.62. The Morgan fingerprint density at radius 2 is 1.73 bits per heavy atom. The van der Waals surface area contributed by atoms with Crippen LogP contribution in [0.1, 0.15) is 42.6 Å². The normalized spacial score (nSPS) is 13.4. The molecule has 1 N–H and O–H groups in total. The maximum Gasteiger partial charge on any atom is 0.251 e. The van der Waals surface area contributed by atoms with Crippen molar-refractivity contribution in [1.82, 2.24) is 15.2 Å². The molecule has 37 heavy (non-hydrogen) atoms. The molecule has 2 aromatic carbocycles. The first-order valence-corrected chi connectivity index (χ1v) is 13.2. The second-order valence-corrected chi connectivity index (χ2v) is 9.17. The number of carbonyl (C=O) groups is 2. The molecule has 1 aliphatic rings. The number of carbonyl (C=O) groups excluding carboxylic acids is 2. The predicted molar refractivity (Wildman–Crippen MR) is 147 cm³/mol. The van der Waals surface area contributed by atoms with Gasteiger partial charge in [-0.2, -0.15) is 0 Å². The first kappa shape index (κ1) is 26.2. The van der Waals surface area contributed by atoms with Crippen LogP contribution in [-0.2, 0) is 11.2 Å². The molecule has 0 saturated carbocycles. The summed E-state index contributed by atoms with van der Waals surface area (Å²) < 4.78 is 5.61. The third-order valence-electron chi connectivity index (χ3n) is 6.62. The Hall–Kier alpha value is -3.87. The van der Waals surface area contributed by atoms with Gasteiger partial charge in [0.15, 0.2) is 0 Å². The van der Waals surface area contributed by atoms with Gasteiger partial charge in [-0.1, -0.05) is 31.2 Å². The van der Waals surface area contributed by atoms with Gasteiger partial charge in [0.05, 0.1) is 12.8 Å². The maximum atomic E-state index is 13.0. The Bertz CT molecular complexity index is 1190. The highest BCUT2D eigenvalue weighted by molar-refractivity contribution is 5.94. The number of nitrogens with zero attached hydrogens (tertiary/aromatic N) is 3. The number of ether oxygens (including phenoxy) is 1. The van der Waals surface area contributed by atoms with Gasteiger partial charge in [0.1, 0.15) is 5.75 Å². The summed E-state index contributed by atoms with van der Waals surface area (Å²) >= 11 is 0. The van der Waals surface area contributed by atoms with E-state index in [1.807, 2.05) is 67.4 Å². The smallest absolute Gasteiger partial charge is 0.251 e. The zero-order valence-electron chi connectivity index (χ0n) is 21.8. The molecule has 0 spiro atoms. The van der Waals surface area contributed by atoms with Crippen molar-refractivity contribution in [2.45, 2.75) is 33.1 Å². The zero-order chi connectivity index (χ0) is 26.0. The quantitative estimate of drug-likeness (QED) is 0.442. The third-order valence-corrected chi connectivity index (χ3v) is 6.62. The van der Waals surface area contributed by atoms with E-state index in [1.165, 1.54) is 0 Å². The number of aryl methyl sites for hydroxylation is 1. The lowest BCUT2D eigenvalue weighted by Gasteiger charge is -2.36. The lowest BCUT2D eigenvalue weighted by molar-refractivity contribution is -0.131. The minimum atomic E-state index is -0.0383. The second kappa shape index (κ2) is 12.9. The van der Waals surface area contributed by atoms with Gasteiger partial charge < -0.3 is 19.9 Å². The van der Waals surface area contributed by atoms with E-state index in [9.17, 15) is 9.59 Å². The van der Waals surface area contributed by atoms with E-state index in [1.54, 1.807) is 6.20 Å². The Balaban J connectivity index is 1.31. The second-order valence-electron chi connectivity index (χ2n) is 9.17. The van der Waals surface area contributed by atoms with E-state index in [2.05, 4.69) is 27.3 Å². The number of piperazine rings is 1. The highest BCUT2D eigenvalue weighted by Gasteiger charge is 2.21. The van der Waals surface area contributed by atoms with Crippen LogP contribution in [0.4, 0.5) is 5.69 Å². The van der Waals surface area contributed by atoms with Crippen LogP contribution in [0.25, 0.3) is 11.1 Å². The van der Waals surface area contributed by atoms with Crippen LogP contribution in [-0.4, -0.2) is 61.0 Å². The van der Waals surface area contributed by atoms with Gasteiger partial charge in [0.25, 0.3) is 5.91 Å². The van der Waals surface area contributed by atoms with E-state index in [0.717, 1.165) is 47.6 Å². The summed E-state index contributed by atoms with van der Waals surface area (Å²) in [5.41, 5.74) is 4.97. The van der Waals surface area contributed by atoms with Crippen LogP contribution in [0.3, 0.4) is 0 Å². The number of rotatable bonds is 10. The van der Waals surface area contributed by atoms with Crippen LogP contribution in [0.5, 0.6) is 5.75 Å². The van der Waals surface area contributed by atoms with Crippen molar-refractivity contribution in [2.75, 3.05) is 44.2 Å². The molecule has 1 saturated heterocycles. The minimum absolute atomic E-state index is 0.0383. The highest BCUT2D eigenvalue weighted by atomic mass is 16.5. The van der Waals surface area contributed by atoms with Gasteiger partial charge in [0, 0.05) is 62.2 Å². The van der Waals surface area contributed by atoms with Gasteiger partial charge in [-0.05, 0) is 61.2 Å². The summed E-state index contributed by atoms with van der Waals surface area (Å²) in [4.78, 5) is 33.7. The van der Waals surface area contributed by atoms with Gasteiger partial charge in [0.2, 0.25) is 5.91 Å². The highest BCUT2D eigenvalue weighted by Crippen LogP contribution is 2.27. The van der Waals surface area contributed by atoms with Gasteiger partial charge >= 0.3 is 0 Å². The molecule has 0 radical (unpaired) electrons. The van der Waals surface area contributed by atoms with E-state index in [0.29, 0.717) is 44.6 Å². The van der Waals surface area contributed by atoms with Gasteiger partial charge in [-0.25, -0.2) is 0 Å². The third kappa shape index (κ3) is 6.88. The summed E-state index contributed by atoms with van der Waals surface area (Å²) in [5.74, 6) is 0.889. The average Bonchev–Trinajstić information content (AvgIpc) is 2.95. The Morgan fingerprint density at radius 1 is 0.973 bits per heavy atom. The molecule has 0 aliphatic carbocycles. The Labute approximate surface area is 219 Å². The first-order valence-electron chi connectivity index (χ1n) is 13.2. The van der Waals surface area contributed by atoms with Crippen molar-refractivity contribution in [1.29, 1.82) is 0 Å². The van der Waals surface area contributed by atoms with Crippen molar-refractivity contribution in [3.8, 4) is 16.9 Å². The SMILES string of the molecule is CCCNC(=O)c1ccc(N2CCN(C(=O)CCc3ccccc3-c3cncc(OCC)c3)CC2)cc1. The molecule has 2 amide bonds. The number of anilines is 1. The molecular weight excluding hydrogens is 464 g/mol. The lowest BCUT2D eigenvalue weighted by Crippen LogP contribution is -2.48. The Kier molecular flexibility index (Phi) is 9.13. The molecule has 2 heterocycles. The van der Waals surface area contributed by atoms with Crippen LogP contribution in [0.2, 0.25) is 0 Å². The monoisotopic (exact) mass is 500 g/mol. The van der Waals surface area contributed by atoms with Gasteiger partial charge in [-0.3, -0.25) is 14.6 Å². The average molecular weight is 501 g/mol. The molecule has 0 atom stereocenters. The number of benzene rings is 2. The number of nitrogens with one attached hydrogen (secondary N) is 1. The van der Waals surface area contributed by atoms with Crippen molar-refractivity contribution < 1.29 is 14.3 Å². The molecule has 1 aromatic heterocycles. The summed E-state index contributed by atoms with van der Waals surface area (Å²) in [6, 6.07) is 17.9. The summed E-state index contributed by atoms with van der Waals surface area (Å²) in [6.45, 7) is 8.21. The molecule has 1 aliphatic heterocycles. The number of hydrogen-bond donors (Lipinski definition) is 1. The molecule has 194 valence electrons. The number of hydrogen-bond acceptors (Lipinski definition) is 5. The topological polar surface area (TPSA) is 74.8 Å². The van der Waals surface area contributed by atoms with Crippen molar-refractivity contribution in [3.63, 3.8) is 0 Å². The molecule has 3 aromatic rings. The zero-order valence-corrected chi connectivity index (χ0v) is 21.8. The molecule has 0 unspecified atom stereocenters. The van der Waals surface area contributed by atoms with Crippen LogP contribution >= 0.6 is 0 Å². The van der Waals surface area contributed by atoms with Crippen molar-refractivity contribution in [3.05, 3.63) is 78.1 Å². The maximum absolute atomic E-state index is 13.0. The lowest BCUT2D eigenvalue weighted by atomic mass is 9.97. The first-order chi connectivity index (χ1) is 18.1. The number of amides is 2. The fraction of sp³-hybridized carbons (Fsp3) is 0.367. The van der Waals surface area contributed by atoms with Gasteiger partial charge in [-0.15, -0.1) is 0 Å². The van der Waals surface area contributed by atoms with Crippen LogP contribution < -0.4 is 15.0 Å². The van der Waals surface area contributed by atoms with Crippen LogP contribution in [0.15, 0.2) is 67.0 Å². The molecule has 7 nitrogen and oxygen atoms in total. The summed E-state index contributed by atoms with van der Waals surface area (Å²) in [7, 11) is 0. The van der Waals surface area contributed by atoms with Crippen molar-refractivity contribution >= 4 is 17.5 Å². The van der Waals surface area contributed by atoms with E-state index >= 15 is 0 Å². The number of pyridine rings is 1.